The number of aromatic nitrogens is 1. The van der Waals surface area contributed by atoms with Gasteiger partial charge < -0.3 is 4.74 Å². The summed E-state index contributed by atoms with van der Waals surface area (Å²) in [5.74, 6) is 0.462. The summed E-state index contributed by atoms with van der Waals surface area (Å²) < 4.78 is 5.51. The van der Waals surface area contributed by atoms with Gasteiger partial charge in [-0.15, -0.1) is 11.6 Å². The molecule has 1 aliphatic heterocycles. The maximum atomic E-state index is 6.53. The van der Waals surface area contributed by atoms with Gasteiger partial charge in [0.15, 0.2) is 0 Å². The van der Waals surface area contributed by atoms with Gasteiger partial charge in [-0.1, -0.05) is 24.3 Å². The van der Waals surface area contributed by atoms with E-state index in [1.807, 2.05) is 18.2 Å². The lowest BCUT2D eigenvalue weighted by atomic mass is 9.95. The van der Waals surface area contributed by atoms with E-state index in [4.69, 9.17) is 16.3 Å². The number of benzene rings is 1. The summed E-state index contributed by atoms with van der Waals surface area (Å²) in [7, 11) is 0. The van der Waals surface area contributed by atoms with Crippen molar-refractivity contribution in [1.82, 2.24) is 4.98 Å². The SMILES string of the molecule is ClC(Cc1ccc2ccccc2n1)C1CCCOC1. The van der Waals surface area contributed by atoms with Gasteiger partial charge in [0.05, 0.1) is 12.1 Å². The molecule has 0 bridgehead atoms. The first-order chi connectivity index (χ1) is 9.33. The van der Waals surface area contributed by atoms with E-state index in [1.165, 1.54) is 11.8 Å². The zero-order valence-electron chi connectivity index (χ0n) is 10.9. The first-order valence-electron chi connectivity index (χ1n) is 6.89. The largest absolute Gasteiger partial charge is 0.381 e. The van der Waals surface area contributed by atoms with E-state index in [0.717, 1.165) is 37.3 Å². The van der Waals surface area contributed by atoms with Crippen LogP contribution in [0.2, 0.25) is 0 Å². The number of fused-ring (bicyclic) bond motifs is 1. The van der Waals surface area contributed by atoms with Crippen LogP contribution >= 0.6 is 11.6 Å². The predicted molar refractivity (Wildman–Crippen MR) is 78.6 cm³/mol. The van der Waals surface area contributed by atoms with Crippen molar-refractivity contribution in [2.75, 3.05) is 13.2 Å². The lowest BCUT2D eigenvalue weighted by Gasteiger charge is -2.26. The van der Waals surface area contributed by atoms with E-state index in [9.17, 15) is 0 Å². The zero-order chi connectivity index (χ0) is 13.1. The van der Waals surface area contributed by atoms with Crippen LogP contribution in [0.1, 0.15) is 18.5 Å². The fraction of sp³-hybridized carbons (Fsp3) is 0.438. The van der Waals surface area contributed by atoms with Crippen molar-refractivity contribution in [3.05, 3.63) is 42.1 Å². The number of hydrogen-bond donors (Lipinski definition) is 0. The molecule has 19 heavy (non-hydrogen) atoms. The minimum absolute atomic E-state index is 0.119. The highest BCUT2D eigenvalue weighted by Gasteiger charge is 2.23. The summed E-state index contributed by atoms with van der Waals surface area (Å²) in [6, 6.07) is 12.4. The molecule has 0 amide bonds. The zero-order valence-corrected chi connectivity index (χ0v) is 11.6. The molecule has 2 aromatic rings. The molecule has 2 unspecified atom stereocenters. The third-order valence-electron chi connectivity index (χ3n) is 3.77. The summed E-state index contributed by atoms with van der Waals surface area (Å²) in [5, 5.41) is 1.30. The lowest BCUT2D eigenvalue weighted by Crippen LogP contribution is -2.27. The molecule has 3 rings (SSSR count). The Kier molecular flexibility index (Phi) is 4.00. The van der Waals surface area contributed by atoms with Crippen LogP contribution in [-0.4, -0.2) is 23.6 Å². The molecule has 2 nitrogen and oxygen atoms in total. The number of ether oxygens (including phenoxy) is 1. The highest BCUT2D eigenvalue weighted by Crippen LogP contribution is 2.24. The van der Waals surface area contributed by atoms with Gasteiger partial charge in [0, 0.05) is 29.5 Å². The van der Waals surface area contributed by atoms with Crippen molar-refractivity contribution < 1.29 is 4.74 Å². The van der Waals surface area contributed by atoms with Crippen LogP contribution in [0, 0.1) is 5.92 Å². The molecule has 1 aromatic carbocycles. The van der Waals surface area contributed by atoms with Crippen molar-refractivity contribution in [1.29, 1.82) is 0 Å². The number of alkyl halides is 1. The van der Waals surface area contributed by atoms with Crippen molar-refractivity contribution in [2.45, 2.75) is 24.6 Å². The Hall–Kier alpha value is -1.12. The molecule has 1 aromatic heterocycles. The number of halogens is 1. The Morgan fingerprint density at radius 2 is 2.16 bits per heavy atom. The van der Waals surface area contributed by atoms with Crippen LogP contribution in [0.25, 0.3) is 10.9 Å². The van der Waals surface area contributed by atoms with Crippen molar-refractivity contribution in [3.63, 3.8) is 0 Å². The van der Waals surface area contributed by atoms with Gasteiger partial charge in [0.2, 0.25) is 0 Å². The van der Waals surface area contributed by atoms with Gasteiger partial charge in [-0.3, -0.25) is 4.98 Å². The molecule has 0 radical (unpaired) electrons. The molecule has 1 saturated heterocycles. The summed E-state index contributed by atoms with van der Waals surface area (Å²) in [6.45, 7) is 1.68. The van der Waals surface area contributed by atoms with Crippen LogP contribution < -0.4 is 0 Å². The normalized spacial score (nSPS) is 21.4. The maximum Gasteiger partial charge on any atom is 0.0705 e. The van der Waals surface area contributed by atoms with E-state index in [2.05, 4.69) is 23.2 Å². The Morgan fingerprint density at radius 1 is 1.26 bits per heavy atom. The standard InChI is InChI=1S/C16H18ClNO/c17-15(13-5-3-9-19-11-13)10-14-8-7-12-4-1-2-6-16(12)18-14/h1-2,4,6-8,13,15H,3,5,9-11H2. The average molecular weight is 276 g/mol. The highest BCUT2D eigenvalue weighted by molar-refractivity contribution is 6.20. The molecule has 2 heterocycles. The van der Waals surface area contributed by atoms with Gasteiger partial charge in [0.25, 0.3) is 0 Å². The van der Waals surface area contributed by atoms with E-state index in [-0.39, 0.29) is 5.38 Å². The van der Waals surface area contributed by atoms with Crippen molar-refractivity contribution in [3.8, 4) is 0 Å². The quantitative estimate of drug-likeness (QED) is 0.795. The van der Waals surface area contributed by atoms with E-state index >= 15 is 0 Å². The van der Waals surface area contributed by atoms with E-state index < -0.39 is 0 Å². The number of nitrogens with zero attached hydrogens (tertiary/aromatic N) is 1. The van der Waals surface area contributed by atoms with Gasteiger partial charge >= 0.3 is 0 Å². The average Bonchev–Trinajstić information content (AvgIpc) is 2.48. The first kappa shape index (κ1) is 12.9. The Balaban J connectivity index is 1.73. The molecule has 0 aliphatic carbocycles. The predicted octanol–water partition coefficient (Wildman–Crippen LogP) is 3.81. The summed E-state index contributed by atoms with van der Waals surface area (Å²) in [5.41, 5.74) is 2.12. The third-order valence-corrected chi connectivity index (χ3v) is 4.28. The second-order valence-electron chi connectivity index (χ2n) is 5.19. The number of pyridine rings is 1. The maximum absolute atomic E-state index is 6.53. The van der Waals surface area contributed by atoms with Crippen LogP contribution in [0.3, 0.4) is 0 Å². The lowest BCUT2D eigenvalue weighted by molar-refractivity contribution is 0.0532. The van der Waals surface area contributed by atoms with Crippen molar-refractivity contribution >= 4 is 22.5 Å². The molecule has 0 spiro atoms. The molecule has 1 fully saturated rings. The van der Waals surface area contributed by atoms with Gasteiger partial charge in [-0.25, -0.2) is 0 Å². The molecule has 1 aliphatic rings. The Labute approximate surface area is 118 Å². The van der Waals surface area contributed by atoms with Crippen LogP contribution in [0.5, 0.6) is 0 Å². The molecule has 3 heteroatoms. The molecule has 0 N–H and O–H groups in total. The van der Waals surface area contributed by atoms with Gasteiger partial charge in [0.1, 0.15) is 0 Å². The van der Waals surface area contributed by atoms with Crippen LogP contribution in [0.15, 0.2) is 36.4 Å². The Morgan fingerprint density at radius 3 is 3.00 bits per heavy atom. The van der Waals surface area contributed by atoms with Crippen LogP contribution in [0.4, 0.5) is 0 Å². The monoisotopic (exact) mass is 275 g/mol. The minimum Gasteiger partial charge on any atom is -0.381 e. The van der Waals surface area contributed by atoms with Crippen molar-refractivity contribution in [2.24, 2.45) is 5.92 Å². The summed E-state index contributed by atoms with van der Waals surface area (Å²) in [6.07, 6.45) is 3.11. The Bertz CT molecular complexity index is 551. The van der Waals surface area contributed by atoms with Crippen LogP contribution in [-0.2, 0) is 11.2 Å². The fourth-order valence-corrected chi connectivity index (χ4v) is 3.00. The molecular formula is C16H18ClNO. The number of rotatable bonds is 3. The first-order valence-corrected chi connectivity index (χ1v) is 7.33. The summed E-state index contributed by atoms with van der Waals surface area (Å²) in [4.78, 5) is 4.68. The smallest absolute Gasteiger partial charge is 0.0705 e. The van der Waals surface area contributed by atoms with Gasteiger partial charge in [-0.2, -0.15) is 0 Å². The molecule has 2 atom stereocenters. The number of para-hydroxylation sites is 1. The minimum atomic E-state index is 0.119. The molecule has 100 valence electrons. The third kappa shape index (κ3) is 3.07. The second kappa shape index (κ2) is 5.89. The van der Waals surface area contributed by atoms with E-state index in [1.54, 1.807) is 0 Å². The number of hydrogen-bond acceptors (Lipinski definition) is 2. The fourth-order valence-electron chi connectivity index (χ4n) is 2.64. The molecular weight excluding hydrogens is 258 g/mol. The van der Waals surface area contributed by atoms with E-state index in [0.29, 0.717) is 5.92 Å². The van der Waals surface area contributed by atoms with Gasteiger partial charge in [-0.05, 0) is 30.9 Å². The second-order valence-corrected chi connectivity index (χ2v) is 5.75. The molecule has 0 saturated carbocycles. The summed E-state index contributed by atoms with van der Waals surface area (Å²) >= 11 is 6.53. The highest BCUT2D eigenvalue weighted by atomic mass is 35.5. The topological polar surface area (TPSA) is 22.1 Å².